The van der Waals surface area contributed by atoms with Crippen LogP contribution in [0.3, 0.4) is 0 Å². The smallest absolute Gasteiger partial charge is 0.410 e. The Hall–Kier alpha value is -1.67. The van der Waals surface area contributed by atoms with Crippen LogP contribution in [0, 0.1) is 0 Å². The molecule has 32 heavy (non-hydrogen) atoms. The first-order chi connectivity index (χ1) is 14.7. The highest BCUT2D eigenvalue weighted by molar-refractivity contribution is 7.86. The predicted octanol–water partition coefficient (Wildman–Crippen LogP) is 6.61. The number of ether oxygens (including phenoxy) is 1. The van der Waals surface area contributed by atoms with E-state index in [4.69, 9.17) is 20.8 Å². The van der Waals surface area contributed by atoms with Crippen molar-refractivity contribution in [3.63, 3.8) is 0 Å². The molecule has 1 aromatic carbocycles. The summed E-state index contributed by atoms with van der Waals surface area (Å²) in [5.41, 5.74) is -0.263. The molecule has 0 saturated carbocycles. The number of halogens is 2. The molecule has 1 aromatic heterocycles. The number of aromatic nitrogens is 1. The van der Waals surface area contributed by atoms with Gasteiger partial charge in [-0.1, -0.05) is 46.2 Å². The Labute approximate surface area is 197 Å². The second kappa shape index (κ2) is 9.67. The van der Waals surface area contributed by atoms with E-state index in [-0.39, 0.29) is 46.8 Å². The highest BCUT2D eigenvalue weighted by Crippen LogP contribution is 2.40. The molecule has 1 atom stereocenters. The molecule has 1 aliphatic rings. The first-order valence-electron chi connectivity index (χ1n) is 10.9. The predicted molar refractivity (Wildman–Crippen MR) is 126 cm³/mol. The second-order valence-electron chi connectivity index (χ2n) is 9.61. The summed E-state index contributed by atoms with van der Waals surface area (Å²) in [6.07, 6.45) is -0.682. The number of fused-ring (bicyclic) bond motifs is 1. The number of hydrogen-bond donors (Lipinski definition) is 0. The molecule has 0 N–H and O–H groups in total. The Kier molecular flexibility index (Phi) is 8.04. The van der Waals surface area contributed by atoms with Crippen molar-refractivity contribution in [2.24, 2.45) is 0 Å². The van der Waals surface area contributed by atoms with Crippen LogP contribution in [0.25, 0.3) is 11.1 Å². The highest BCUT2D eigenvalue weighted by atomic mass is 35.5. The minimum Gasteiger partial charge on any atom is -0.444 e. The number of likely N-dealkylation sites (tertiary alicyclic amines) is 1. The number of carbonyl (C=O) groups excluding carboxylic acids is 1. The number of benzene rings is 1. The molecule has 0 bridgehead atoms. The van der Waals surface area contributed by atoms with Gasteiger partial charge in [0, 0.05) is 31.3 Å². The molecule has 2 heterocycles. The number of hydrogen-bond acceptors (Lipinski definition) is 5. The fraction of sp³-hybridized carbons (Fsp3) is 0.652. The molecular weight excluding hydrogens is 455 g/mol. The molecule has 180 valence electrons. The maximum Gasteiger partial charge on any atom is 0.410 e. The molecule has 3 rings (SSSR count). The third-order valence-corrected chi connectivity index (χ3v) is 7.06. The van der Waals surface area contributed by atoms with Crippen molar-refractivity contribution in [1.29, 1.82) is 0 Å². The zero-order valence-corrected chi connectivity index (χ0v) is 21.7. The molecule has 1 aliphatic heterocycles. The lowest BCUT2D eigenvalue weighted by Crippen LogP contribution is -2.48. The average molecular weight is 489 g/mol. The monoisotopic (exact) mass is 488 g/mol. The van der Waals surface area contributed by atoms with Crippen molar-refractivity contribution in [1.82, 2.24) is 9.88 Å². The highest BCUT2D eigenvalue weighted by Gasteiger charge is 2.44. The van der Waals surface area contributed by atoms with E-state index in [1.165, 1.54) is 4.90 Å². The third-order valence-electron chi connectivity index (χ3n) is 4.79. The Bertz CT molecular complexity index is 986. The van der Waals surface area contributed by atoms with Gasteiger partial charge in [-0.3, -0.25) is 4.21 Å². The van der Waals surface area contributed by atoms with Gasteiger partial charge in [0.25, 0.3) is 0 Å². The first kappa shape index (κ1) is 26.6. The topological polar surface area (TPSA) is 72.6 Å². The first-order valence-corrected chi connectivity index (χ1v) is 12.4. The number of amides is 1. The average Bonchev–Trinajstić information content (AvgIpc) is 3.13. The van der Waals surface area contributed by atoms with Crippen LogP contribution in [-0.2, 0) is 21.0 Å². The lowest BCUT2D eigenvalue weighted by Gasteiger charge is -2.36. The molecule has 1 amide bonds. The van der Waals surface area contributed by atoms with E-state index >= 15 is 4.39 Å². The SMILES string of the molecule is CC.CC(C)(C)OC(=O)N1CCC(F)(S(=O)c2c(Cl)ccc3nc(C(C)(C)C)oc23)CC1. The van der Waals surface area contributed by atoms with Crippen LogP contribution in [0.15, 0.2) is 21.4 Å². The lowest BCUT2D eigenvalue weighted by atomic mass is 9.97. The molecule has 0 aliphatic carbocycles. The van der Waals surface area contributed by atoms with E-state index in [1.807, 2.05) is 34.6 Å². The number of oxazole rings is 1. The summed E-state index contributed by atoms with van der Waals surface area (Å²) in [5, 5.41) is -1.87. The van der Waals surface area contributed by atoms with Gasteiger partial charge in [0.2, 0.25) is 5.89 Å². The van der Waals surface area contributed by atoms with Gasteiger partial charge in [0.05, 0.1) is 15.8 Å². The summed E-state index contributed by atoms with van der Waals surface area (Å²) < 4.78 is 40.3. The Balaban J connectivity index is 0.00000176. The van der Waals surface area contributed by atoms with Gasteiger partial charge in [-0.25, -0.2) is 14.2 Å². The quantitative estimate of drug-likeness (QED) is 0.475. The molecule has 1 fully saturated rings. The van der Waals surface area contributed by atoms with Crippen LogP contribution < -0.4 is 0 Å². The molecule has 0 radical (unpaired) electrons. The summed E-state index contributed by atoms with van der Waals surface area (Å²) in [5.74, 6) is 0.464. The summed E-state index contributed by atoms with van der Waals surface area (Å²) >= 11 is 6.32. The zero-order chi connectivity index (χ0) is 24.5. The van der Waals surface area contributed by atoms with Gasteiger partial charge in [0.1, 0.15) is 16.0 Å². The van der Waals surface area contributed by atoms with Gasteiger partial charge in [-0.15, -0.1) is 0 Å². The molecule has 1 unspecified atom stereocenters. The van der Waals surface area contributed by atoms with E-state index < -0.39 is 27.5 Å². The van der Waals surface area contributed by atoms with Gasteiger partial charge in [0.15, 0.2) is 10.6 Å². The van der Waals surface area contributed by atoms with Crippen LogP contribution in [0.1, 0.15) is 74.1 Å². The number of alkyl halides is 1. The molecule has 2 aromatic rings. The number of piperidine rings is 1. The van der Waals surface area contributed by atoms with Crippen LogP contribution in [0.5, 0.6) is 0 Å². The standard InChI is InChI=1S/C21H28ClFN2O4S.C2H6/c1-19(2,3)17-24-14-8-7-13(22)16(15(14)28-17)30(27)21(23)9-11-25(12-10-21)18(26)29-20(4,5)6;1-2/h7-8H,9-12H2,1-6H3;1-2H3. The van der Waals surface area contributed by atoms with Gasteiger partial charge >= 0.3 is 6.09 Å². The van der Waals surface area contributed by atoms with Crippen molar-refractivity contribution < 1.29 is 22.5 Å². The number of rotatable bonds is 2. The van der Waals surface area contributed by atoms with Crippen molar-refractivity contribution >= 4 is 39.6 Å². The maximum absolute atomic E-state index is 15.8. The van der Waals surface area contributed by atoms with Crippen LogP contribution in [0.2, 0.25) is 5.02 Å². The Morgan fingerprint density at radius 3 is 2.25 bits per heavy atom. The van der Waals surface area contributed by atoms with E-state index in [2.05, 4.69) is 4.98 Å². The van der Waals surface area contributed by atoms with Crippen LogP contribution in [-0.4, -0.2) is 43.9 Å². The second-order valence-corrected chi connectivity index (χ2v) is 11.7. The van der Waals surface area contributed by atoms with E-state index in [0.29, 0.717) is 11.4 Å². The van der Waals surface area contributed by atoms with Crippen LogP contribution in [0.4, 0.5) is 9.18 Å². The minimum atomic E-state index is -2.09. The lowest BCUT2D eigenvalue weighted by molar-refractivity contribution is 0.0142. The van der Waals surface area contributed by atoms with Gasteiger partial charge in [-0.05, 0) is 32.9 Å². The van der Waals surface area contributed by atoms with Crippen molar-refractivity contribution in [2.45, 2.75) is 89.1 Å². The summed E-state index contributed by atoms with van der Waals surface area (Å²) in [7, 11) is -2.09. The normalized spacial score (nSPS) is 17.5. The minimum absolute atomic E-state index is 0.0914. The van der Waals surface area contributed by atoms with Crippen molar-refractivity contribution in [2.75, 3.05) is 13.1 Å². The van der Waals surface area contributed by atoms with Crippen molar-refractivity contribution in [3.8, 4) is 0 Å². The number of carbonyl (C=O) groups is 1. The molecule has 0 spiro atoms. The summed E-state index contributed by atoms with van der Waals surface area (Å²) in [4.78, 5) is 18.3. The largest absolute Gasteiger partial charge is 0.444 e. The zero-order valence-electron chi connectivity index (χ0n) is 20.2. The van der Waals surface area contributed by atoms with E-state index in [1.54, 1.807) is 32.9 Å². The van der Waals surface area contributed by atoms with Gasteiger partial charge < -0.3 is 14.1 Å². The van der Waals surface area contributed by atoms with E-state index in [9.17, 15) is 9.00 Å². The Morgan fingerprint density at radius 2 is 1.75 bits per heavy atom. The molecule has 6 nitrogen and oxygen atoms in total. The fourth-order valence-corrected chi connectivity index (χ4v) is 4.99. The third kappa shape index (κ3) is 5.81. The van der Waals surface area contributed by atoms with Gasteiger partial charge in [-0.2, -0.15) is 0 Å². The van der Waals surface area contributed by atoms with Crippen molar-refractivity contribution in [3.05, 3.63) is 23.0 Å². The van der Waals surface area contributed by atoms with Crippen LogP contribution >= 0.6 is 11.6 Å². The summed E-state index contributed by atoms with van der Waals surface area (Å²) in [6, 6.07) is 3.23. The molecule has 9 heteroatoms. The fourth-order valence-electron chi connectivity index (χ4n) is 3.16. The Morgan fingerprint density at radius 1 is 1.19 bits per heavy atom. The number of nitrogens with zero attached hydrogens (tertiary/aromatic N) is 2. The maximum atomic E-state index is 15.8. The molecular formula is C23H34ClFN2O4S. The summed E-state index contributed by atoms with van der Waals surface area (Å²) in [6.45, 7) is 15.4. The van der Waals surface area contributed by atoms with E-state index in [0.717, 1.165) is 0 Å². The molecule has 1 saturated heterocycles.